The van der Waals surface area contributed by atoms with Crippen molar-refractivity contribution in [1.29, 1.82) is 0 Å². The summed E-state index contributed by atoms with van der Waals surface area (Å²) in [5, 5.41) is 3.32. The first-order chi connectivity index (χ1) is 8.11. The summed E-state index contributed by atoms with van der Waals surface area (Å²) in [6.07, 6.45) is 2.21. The standard InChI is InChI=1S/C13H18BrFN2/c1-9-7-10(16-2)5-6-17(9)11-3-4-12(14)13(15)8-11/h3-4,8-10,16H,5-7H2,1-2H3. The zero-order chi connectivity index (χ0) is 12.4. The van der Waals surface area contributed by atoms with E-state index in [-0.39, 0.29) is 5.82 Å². The van der Waals surface area contributed by atoms with Gasteiger partial charge in [-0.1, -0.05) is 0 Å². The maximum absolute atomic E-state index is 13.5. The normalized spacial score (nSPS) is 25.1. The minimum absolute atomic E-state index is 0.189. The Kier molecular flexibility index (Phi) is 4.05. The van der Waals surface area contributed by atoms with Gasteiger partial charge >= 0.3 is 0 Å². The third kappa shape index (κ3) is 2.80. The van der Waals surface area contributed by atoms with E-state index >= 15 is 0 Å². The molecule has 94 valence electrons. The van der Waals surface area contributed by atoms with E-state index < -0.39 is 0 Å². The Bertz CT molecular complexity index is 397. The number of rotatable bonds is 2. The number of anilines is 1. The van der Waals surface area contributed by atoms with Crippen molar-refractivity contribution in [3.05, 3.63) is 28.5 Å². The summed E-state index contributed by atoms with van der Waals surface area (Å²) >= 11 is 3.19. The Morgan fingerprint density at radius 2 is 2.24 bits per heavy atom. The van der Waals surface area contributed by atoms with E-state index in [1.54, 1.807) is 12.1 Å². The average molecular weight is 301 g/mol. The van der Waals surface area contributed by atoms with Crippen LogP contribution in [0.1, 0.15) is 19.8 Å². The number of benzene rings is 1. The molecule has 1 aromatic rings. The van der Waals surface area contributed by atoms with Crippen LogP contribution >= 0.6 is 15.9 Å². The van der Waals surface area contributed by atoms with Crippen LogP contribution < -0.4 is 10.2 Å². The molecule has 17 heavy (non-hydrogen) atoms. The van der Waals surface area contributed by atoms with Gasteiger partial charge in [-0.15, -0.1) is 0 Å². The number of nitrogens with one attached hydrogen (secondary N) is 1. The number of nitrogens with zero attached hydrogens (tertiary/aromatic N) is 1. The molecule has 4 heteroatoms. The third-order valence-corrected chi connectivity index (χ3v) is 4.16. The molecule has 2 unspecified atom stereocenters. The van der Waals surface area contributed by atoms with E-state index in [9.17, 15) is 4.39 Å². The smallest absolute Gasteiger partial charge is 0.139 e. The summed E-state index contributed by atoms with van der Waals surface area (Å²) in [6, 6.07) is 6.40. The highest BCUT2D eigenvalue weighted by atomic mass is 79.9. The van der Waals surface area contributed by atoms with E-state index in [1.165, 1.54) is 0 Å². The van der Waals surface area contributed by atoms with Crippen LogP contribution in [0.3, 0.4) is 0 Å². The van der Waals surface area contributed by atoms with E-state index in [2.05, 4.69) is 33.1 Å². The van der Waals surface area contributed by atoms with Crippen molar-refractivity contribution < 1.29 is 4.39 Å². The molecule has 0 amide bonds. The molecule has 1 heterocycles. The number of hydrogen-bond donors (Lipinski definition) is 1. The fourth-order valence-electron chi connectivity index (χ4n) is 2.48. The van der Waals surface area contributed by atoms with Gasteiger partial charge in [-0.05, 0) is 60.9 Å². The summed E-state index contributed by atoms with van der Waals surface area (Å²) in [6.45, 7) is 3.18. The first-order valence-corrected chi connectivity index (χ1v) is 6.80. The number of hydrogen-bond acceptors (Lipinski definition) is 2. The second-order valence-electron chi connectivity index (χ2n) is 4.65. The Morgan fingerprint density at radius 3 is 2.82 bits per heavy atom. The van der Waals surface area contributed by atoms with Gasteiger partial charge in [-0.25, -0.2) is 4.39 Å². The quantitative estimate of drug-likeness (QED) is 0.902. The van der Waals surface area contributed by atoms with Crippen LogP contribution in [0.2, 0.25) is 0 Å². The molecule has 0 spiro atoms. The molecule has 1 saturated heterocycles. The van der Waals surface area contributed by atoms with Crippen molar-refractivity contribution in [2.24, 2.45) is 0 Å². The van der Waals surface area contributed by atoms with E-state index in [1.807, 2.05) is 13.1 Å². The topological polar surface area (TPSA) is 15.3 Å². The highest BCUT2D eigenvalue weighted by Crippen LogP contribution is 2.27. The molecular weight excluding hydrogens is 283 g/mol. The van der Waals surface area contributed by atoms with Crippen LogP contribution in [0.5, 0.6) is 0 Å². The van der Waals surface area contributed by atoms with Crippen molar-refractivity contribution >= 4 is 21.6 Å². The molecule has 1 N–H and O–H groups in total. The van der Waals surface area contributed by atoms with Crippen molar-refractivity contribution in [3.63, 3.8) is 0 Å². The molecule has 1 aliphatic heterocycles. The first-order valence-electron chi connectivity index (χ1n) is 6.00. The molecule has 2 nitrogen and oxygen atoms in total. The third-order valence-electron chi connectivity index (χ3n) is 3.52. The molecule has 2 atom stereocenters. The molecule has 0 aromatic heterocycles. The van der Waals surface area contributed by atoms with E-state index in [0.29, 0.717) is 16.6 Å². The largest absolute Gasteiger partial charge is 0.369 e. The molecule has 1 fully saturated rings. The molecule has 2 rings (SSSR count). The SMILES string of the molecule is CNC1CCN(c2ccc(Br)c(F)c2)C(C)C1. The van der Waals surface area contributed by atoms with E-state index in [0.717, 1.165) is 25.1 Å². The van der Waals surface area contributed by atoms with Gasteiger partial charge in [-0.3, -0.25) is 0 Å². The van der Waals surface area contributed by atoms with Gasteiger partial charge in [0.15, 0.2) is 0 Å². The van der Waals surface area contributed by atoms with Gasteiger partial charge in [0.1, 0.15) is 5.82 Å². The molecule has 0 radical (unpaired) electrons. The fraction of sp³-hybridized carbons (Fsp3) is 0.538. The predicted molar refractivity (Wildman–Crippen MR) is 73.0 cm³/mol. The van der Waals surface area contributed by atoms with Crippen LogP contribution in [-0.4, -0.2) is 25.7 Å². The molecule has 0 bridgehead atoms. The van der Waals surface area contributed by atoms with Gasteiger partial charge in [0.25, 0.3) is 0 Å². The van der Waals surface area contributed by atoms with Crippen LogP contribution in [0.25, 0.3) is 0 Å². The van der Waals surface area contributed by atoms with Gasteiger partial charge in [-0.2, -0.15) is 0 Å². The molecule has 0 saturated carbocycles. The summed E-state index contributed by atoms with van der Waals surface area (Å²) in [5.74, 6) is -0.189. The first kappa shape index (κ1) is 12.8. The van der Waals surface area contributed by atoms with Crippen molar-refractivity contribution in [2.45, 2.75) is 31.8 Å². The van der Waals surface area contributed by atoms with Crippen LogP contribution in [-0.2, 0) is 0 Å². The molecule has 0 aliphatic carbocycles. The molecular formula is C13H18BrFN2. The van der Waals surface area contributed by atoms with Gasteiger partial charge in [0.2, 0.25) is 0 Å². The summed E-state index contributed by atoms with van der Waals surface area (Å²) in [7, 11) is 2.01. The lowest BCUT2D eigenvalue weighted by atomic mass is 9.98. The van der Waals surface area contributed by atoms with Gasteiger partial charge in [0, 0.05) is 24.3 Å². The van der Waals surface area contributed by atoms with Crippen LogP contribution in [0.15, 0.2) is 22.7 Å². The maximum atomic E-state index is 13.5. The summed E-state index contributed by atoms with van der Waals surface area (Å²) < 4.78 is 14.0. The maximum Gasteiger partial charge on any atom is 0.139 e. The van der Waals surface area contributed by atoms with Crippen LogP contribution in [0.4, 0.5) is 10.1 Å². The second-order valence-corrected chi connectivity index (χ2v) is 5.51. The minimum Gasteiger partial charge on any atom is -0.369 e. The lowest BCUT2D eigenvalue weighted by Gasteiger charge is -2.39. The van der Waals surface area contributed by atoms with Crippen molar-refractivity contribution in [3.8, 4) is 0 Å². The highest BCUT2D eigenvalue weighted by molar-refractivity contribution is 9.10. The number of halogens is 2. The monoisotopic (exact) mass is 300 g/mol. The zero-order valence-electron chi connectivity index (χ0n) is 10.2. The minimum atomic E-state index is -0.189. The van der Waals surface area contributed by atoms with Gasteiger partial charge < -0.3 is 10.2 Å². The molecule has 1 aromatic carbocycles. The average Bonchev–Trinajstić information content (AvgIpc) is 2.32. The molecule has 1 aliphatic rings. The lowest BCUT2D eigenvalue weighted by Crippen LogP contribution is -2.46. The zero-order valence-corrected chi connectivity index (χ0v) is 11.8. The van der Waals surface area contributed by atoms with Crippen LogP contribution in [0, 0.1) is 5.82 Å². The Balaban J connectivity index is 2.14. The lowest BCUT2D eigenvalue weighted by molar-refractivity contribution is 0.387. The predicted octanol–water partition coefficient (Wildman–Crippen LogP) is 3.16. The summed E-state index contributed by atoms with van der Waals surface area (Å²) in [4.78, 5) is 2.28. The Hall–Kier alpha value is -0.610. The number of piperidine rings is 1. The van der Waals surface area contributed by atoms with Crippen molar-refractivity contribution in [1.82, 2.24) is 5.32 Å². The Labute approximate surface area is 110 Å². The van der Waals surface area contributed by atoms with Gasteiger partial charge in [0.05, 0.1) is 4.47 Å². The second kappa shape index (κ2) is 5.36. The van der Waals surface area contributed by atoms with E-state index in [4.69, 9.17) is 0 Å². The Morgan fingerprint density at radius 1 is 1.47 bits per heavy atom. The fourth-order valence-corrected chi connectivity index (χ4v) is 2.73. The highest BCUT2D eigenvalue weighted by Gasteiger charge is 2.24. The van der Waals surface area contributed by atoms with Crippen molar-refractivity contribution in [2.75, 3.05) is 18.5 Å². The summed E-state index contributed by atoms with van der Waals surface area (Å²) in [5.41, 5.74) is 0.979.